The zero-order valence-electron chi connectivity index (χ0n) is 11.5. The molecule has 0 radical (unpaired) electrons. The molecule has 0 saturated carbocycles. The monoisotopic (exact) mass is 294 g/mol. The molecular weight excluding hydrogens is 276 g/mol. The van der Waals surface area contributed by atoms with Crippen LogP contribution < -0.4 is 11.1 Å². The molecule has 0 aliphatic carbocycles. The van der Waals surface area contributed by atoms with Crippen molar-refractivity contribution in [3.63, 3.8) is 0 Å². The fraction of sp³-hybridized carbons (Fsp3) is 0.357. The van der Waals surface area contributed by atoms with E-state index in [1.54, 1.807) is 0 Å². The summed E-state index contributed by atoms with van der Waals surface area (Å²) in [5.41, 5.74) is 5.94. The van der Waals surface area contributed by atoms with Gasteiger partial charge >= 0.3 is 11.9 Å². The number of nitrogens with two attached hydrogens (primary N) is 1. The third kappa shape index (κ3) is 6.53. The van der Waals surface area contributed by atoms with Crippen molar-refractivity contribution in [2.24, 2.45) is 5.73 Å². The van der Waals surface area contributed by atoms with Gasteiger partial charge in [0, 0.05) is 6.42 Å². The van der Waals surface area contributed by atoms with Gasteiger partial charge in [-0.2, -0.15) is 0 Å². The van der Waals surface area contributed by atoms with Crippen LogP contribution in [0, 0.1) is 0 Å². The molecule has 7 nitrogen and oxygen atoms in total. The largest absolute Gasteiger partial charge is 0.480 e. The fourth-order valence-electron chi connectivity index (χ4n) is 1.58. The average Bonchev–Trinajstić information content (AvgIpc) is 2.49. The number of aliphatic carboxylic acids is 1. The van der Waals surface area contributed by atoms with E-state index in [1.807, 2.05) is 30.3 Å². The summed E-state index contributed by atoms with van der Waals surface area (Å²) < 4.78 is 5.02. The number of nitrogens with one attached hydrogen (secondary N) is 1. The van der Waals surface area contributed by atoms with Crippen LogP contribution in [0.15, 0.2) is 30.3 Å². The van der Waals surface area contributed by atoms with E-state index in [2.05, 4.69) is 5.32 Å². The number of carbonyl (C=O) groups excluding carboxylic acids is 2. The summed E-state index contributed by atoms with van der Waals surface area (Å²) in [6.07, 6.45) is -0.149. The van der Waals surface area contributed by atoms with E-state index >= 15 is 0 Å². The van der Waals surface area contributed by atoms with Crippen molar-refractivity contribution < 1.29 is 24.2 Å². The van der Waals surface area contributed by atoms with Gasteiger partial charge in [0.05, 0.1) is 6.54 Å². The van der Waals surface area contributed by atoms with Gasteiger partial charge in [0.2, 0.25) is 5.91 Å². The van der Waals surface area contributed by atoms with Crippen molar-refractivity contribution in [3.8, 4) is 0 Å². The minimum absolute atomic E-state index is 0.0469. The molecule has 0 aliphatic heterocycles. The van der Waals surface area contributed by atoms with Gasteiger partial charge in [0.15, 0.2) is 0 Å². The molecule has 1 amide bonds. The summed E-state index contributed by atoms with van der Waals surface area (Å²) in [4.78, 5) is 33.5. The van der Waals surface area contributed by atoms with Gasteiger partial charge in [0.1, 0.15) is 12.6 Å². The lowest BCUT2D eigenvalue weighted by atomic mass is 10.1. The minimum Gasteiger partial charge on any atom is -0.480 e. The van der Waals surface area contributed by atoms with Gasteiger partial charge in [-0.15, -0.1) is 0 Å². The van der Waals surface area contributed by atoms with Crippen LogP contribution >= 0.6 is 0 Å². The Hall–Kier alpha value is -2.41. The number of hydrogen-bond acceptors (Lipinski definition) is 5. The van der Waals surface area contributed by atoms with Crippen LogP contribution in [0.4, 0.5) is 0 Å². The number of esters is 1. The first-order valence-corrected chi connectivity index (χ1v) is 6.44. The molecule has 0 spiro atoms. The Kier molecular flexibility index (Phi) is 6.90. The van der Waals surface area contributed by atoms with Gasteiger partial charge in [-0.1, -0.05) is 30.3 Å². The molecular formula is C14H18N2O5. The van der Waals surface area contributed by atoms with Crippen molar-refractivity contribution in [2.45, 2.75) is 25.5 Å². The molecule has 0 aliphatic rings. The molecule has 4 N–H and O–H groups in total. The van der Waals surface area contributed by atoms with Crippen molar-refractivity contribution >= 4 is 17.8 Å². The van der Waals surface area contributed by atoms with Gasteiger partial charge in [0.25, 0.3) is 0 Å². The van der Waals surface area contributed by atoms with Crippen LogP contribution in [-0.4, -0.2) is 35.5 Å². The Morgan fingerprint density at radius 1 is 1.24 bits per heavy atom. The molecule has 0 bridgehead atoms. The number of carboxylic acid groups (broad SMARTS) is 1. The van der Waals surface area contributed by atoms with E-state index in [1.165, 1.54) is 0 Å². The lowest BCUT2D eigenvalue weighted by Crippen LogP contribution is -2.43. The quantitative estimate of drug-likeness (QED) is 0.582. The lowest BCUT2D eigenvalue weighted by Gasteiger charge is -2.13. The molecule has 1 rings (SSSR count). The summed E-state index contributed by atoms with van der Waals surface area (Å²) in [6, 6.07) is 7.98. The Balaban J connectivity index is 2.36. The number of benzene rings is 1. The van der Waals surface area contributed by atoms with E-state index in [4.69, 9.17) is 15.6 Å². The SMILES string of the molecule is NCC(=O)N[C@@H](CCC(=O)OCc1ccccc1)C(=O)O. The molecule has 0 unspecified atom stereocenters. The fourth-order valence-corrected chi connectivity index (χ4v) is 1.58. The van der Waals surface area contributed by atoms with Crippen molar-refractivity contribution in [1.82, 2.24) is 5.32 Å². The second-order valence-corrected chi connectivity index (χ2v) is 4.35. The molecule has 1 aromatic rings. The summed E-state index contributed by atoms with van der Waals surface area (Å²) in [5.74, 6) is -2.32. The molecule has 1 aromatic carbocycles. The molecule has 0 fully saturated rings. The number of ether oxygens (including phenoxy) is 1. The molecule has 0 saturated heterocycles. The highest BCUT2D eigenvalue weighted by atomic mass is 16.5. The van der Waals surface area contributed by atoms with E-state index in [0.717, 1.165) is 5.56 Å². The lowest BCUT2D eigenvalue weighted by molar-refractivity contribution is -0.146. The first-order valence-electron chi connectivity index (χ1n) is 6.44. The Labute approximate surface area is 122 Å². The van der Waals surface area contributed by atoms with Crippen molar-refractivity contribution in [1.29, 1.82) is 0 Å². The predicted octanol–water partition coefficient (Wildman–Crippen LogP) is 0.0381. The standard InChI is InChI=1S/C14H18N2O5/c15-8-12(17)16-11(14(19)20)6-7-13(18)21-9-10-4-2-1-3-5-10/h1-5,11H,6-9,15H2,(H,16,17)(H,19,20)/t11-/m0/s1. The number of hydrogen-bond donors (Lipinski definition) is 3. The summed E-state index contributed by atoms with van der Waals surface area (Å²) >= 11 is 0. The highest BCUT2D eigenvalue weighted by Crippen LogP contribution is 2.04. The maximum absolute atomic E-state index is 11.5. The van der Waals surface area contributed by atoms with E-state index < -0.39 is 23.9 Å². The molecule has 21 heavy (non-hydrogen) atoms. The van der Waals surface area contributed by atoms with Crippen LogP contribution in [0.1, 0.15) is 18.4 Å². The Morgan fingerprint density at radius 3 is 2.48 bits per heavy atom. The third-order valence-electron chi connectivity index (χ3n) is 2.70. The minimum atomic E-state index is -1.22. The summed E-state index contributed by atoms with van der Waals surface area (Å²) in [5, 5.41) is 11.2. The zero-order chi connectivity index (χ0) is 15.7. The second kappa shape index (κ2) is 8.70. The highest BCUT2D eigenvalue weighted by Gasteiger charge is 2.20. The molecule has 0 heterocycles. The molecule has 0 aromatic heterocycles. The van der Waals surface area contributed by atoms with Gasteiger partial charge < -0.3 is 20.9 Å². The van der Waals surface area contributed by atoms with Crippen LogP contribution in [0.25, 0.3) is 0 Å². The summed E-state index contributed by atoms with van der Waals surface area (Å²) in [7, 11) is 0. The Bertz CT molecular complexity index is 489. The normalized spacial score (nSPS) is 11.5. The van der Waals surface area contributed by atoms with Gasteiger partial charge in [-0.3, -0.25) is 9.59 Å². The summed E-state index contributed by atoms with van der Waals surface area (Å²) in [6.45, 7) is -0.172. The second-order valence-electron chi connectivity index (χ2n) is 4.35. The molecule has 114 valence electrons. The van der Waals surface area contributed by atoms with Crippen LogP contribution in [0.5, 0.6) is 0 Å². The van der Waals surface area contributed by atoms with Gasteiger partial charge in [-0.05, 0) is 12.0 Å². The first-order chi connectivity index (χ1) is 10.0. The molecule has 7 heteroatoms. The maximum atomic E-state index is 11.5. The zero-order valence-corrected chi connectivity index (χ0v) is 11.5. The number of amides is 1. The van der Waals surface area contributed by atoms with Crippen LogP contribution in [-0.2, 0) is 25.7 Å². The molecule has 1 atom stereocenters. The van der Waals surface area contributed by atoms with Gasteiger partial charge in [-0.25, -0.2) is 4.79 Å². The third-order valence-corrected chi connectivity index (χ3v) is 2.70. The number of rotatable bonds is 8. The van der Waals surface area contributed by atoms with Crippen LogP contribution in [0.2, 0.25) is 0 Å². The predicted molar refractivity (Wildman–Crippen MR) is 74.1 cm³/mol. The number of carboxylic acids is 1. The van der Waals surface area contributed by atoms with Crippen molar-refractivity contribution in [2.75, 3.05) is 6.54 Å². The van der Waals surface area contributed by atoms with E-state index in [0.29, 0.717) is 0 Å². The van der Waals surface area contributed by atoms with Crippen molar-refractivity contribution in [3.05, 3.63) is 35.9 Å². The Morgan fingerprint density at radius 2 is 1.90 bits per heavy atom. The number of carbonyl (C=O) groups is 3. The first kappa shape index (κ1) is 16.6. The van der Waals surface area contributed by atoms with Crippen LogP contribution in [0.3, 0.4) is 0 Å². The topological polar surface area (TPSA) is 119 Å². The maximum Gasteiger partial charge on any atom is 0.326 e. The average molecular weight is 294 g/mol. The van der Waals surface area contributed by atoms with E-state index in [-0.39, 0.29) is 26.0 Å². The van der Waals surface area contributed by atoms with E-state index in [9.17, 15) is 14.4 Å². The highest BCUT2D eigenvalue weighted by molar-refractivity contribution is 5.84. The smallest absolute Gasteiger partial charge is 0.326 e.